The Balaban J connectivity index is 1.75. The number of hydrogen-bond donors (Lipinski definition) is 2. The molecule has 8 heteroatoms. The lowest BCUT2D eigenvalue weighted by atomic mass is 10.1. The van der Waals surface area contributed by atoms with Crippen molar-refractivity contribution in [2.75, 3.05) is 18.8 Å². The summed E-state index contributed by atoms with van der Waals surface area (Å²) in [5.74, 6) is 3.05. The zero-order valence-corrected chi connectivity index (χ0v) is 17.2. The average molecular weight is 418 g/mol. The number of piperidine rings is 1. The number of ether oxygens (including phenoxy) is 1. The number of aromatic nitrogens is 4. The molecule has 1 fully saturated rings. The fourth-order valence-corrected chi connectivity index (χ4v) is 3.69. The Morgan fingerprint density at radius 1 is 1.42 bits per heavy atom. The van der Waals surface area contributed by atoms with E-state index in [0.29, 0.717) is 33.8 Å². The zero-order valence-electron chi connectivity index (χ0n) is 17.2. The van der Waals surface area contributed by atoms with Crippen molar-refractivity contribution in [1.82, 2.24) is 25.1 Å². The molecule has 3 heterocycles. The summed E-state index contributed by atoms with van der Waals surface area (Å²) in [7, 11) is 0. The number of hydrogen-bond acceptors (Lipinski definition) is 6. The van der Waals surface area contributed by atoms with Gasteiger partial charge in [0.05, 0.1) is 11.4 Å². The molecule has 0 spiro atoms. The number of nitrogens with one attached hydrogen (secondary N) is 1. The summed E-state index contributed by atoms with van der Waals surface area (Å²) in [6, 6.07) is 4.74. The molecule has 1 saturated heterocycles. The van der Waals surface area contributed by atoms with Gasteiger partial charge in [-0.15, -0.1) is 6.42 Å². The third-order valence-electron chi connectivity index (χ3n) is 5.19. The molecule has 0 amide bonds. The van der Waals surface area contributed by atoms with Crippen LogP contribution < -0.4 is 15.8 Å². The Morgan fingerprint density at radius 2 is 2.29 bits per heavy atom. The van der Waals surface area contributed by atoms with Gasteiger partial charge in [-0.05, 0) is 56.7 Å². The third kappa shape index (κ3) is 4.13. The minimum absolute atomic E-state index is 0.116. The van der Waals surface area contributed by atoms with E-state index in [1.54, 1.807) is 24.3 Å². The lowest BCUT2D eigenvalue weighted by Crippen LogP contribution is -2.32. The molecule has 1 aromatic carbocycles. The van der Waals surface area contributed by atoms with Crippen LogP contribution in [0.1, 0.15) is 25.8 Å². The summed E-state index contributed by atoms with van der Waals surface area (Å²) < 4.78 is 22.7. The van der Waals surface area contributed by atoms with Crippen molar-refractivity contribution in [2.24, 2.45) is 0 Å². The van der Waals surface area contributed by atoms with Gasteiger partial charge in [-0.3, -0.25) is 0 Å². The zero-order chi connectivity index (χ0) is 21.8. The molecule has 1 atom stereocenters. The van der Waals surface area contributed by atoms with Crippen molar-refractivity contribution < 1.29 is 9.13 Å². The minimum atomic E-state index is -0.481. The van der Waals surface area contributed by atoms with E-state index in [1.165, 1.54) is 18.5 Å². The van der Waals surface area contributed by atoms with Gasteiger partial charge >= 0.3 is 0 Å². The molecule has 0 bridgehead atoms. The van der Waals surface area contributed by atoms with Crippen LogP contribution in [0.2, 0.25) is 0 Å². The van der Waals surface area contributed by atoms with E-state index in [2.05, 4.69) is 21.2 Å². The van der Waals surface area contributed by atoms with Crippen molar-refractivity contribution in [3.63, 3.8) is 0 Å². The van der Waals surface area contributed by atoms with E-state index in [-0.39, 0.29) is 11.9 Å². The molecule has 3 aromatic rings. The Morgan fingerprint density at radius 3 is 3.00 bits per heavy atom. The summed E-state index contributed by atoms with van der Waals surface area (Å²) in [6.07, 6.45) is 13.5. The average Bonchev–Trinajstić information content (AvgIpc) is 3.18. The molecular weight excluding hydrogens is 395 g/mol. The lowest BCUT2D eigenvalue weighted by molar-refractivity contribution is 0.354. The van der Waals surface area contributed by atoms with Crippen LogP contribution in [0.25, 0.3) is 22.3 Å². The number of nitrogens with two attached hydrogens (primary N) is 1. The second-order valence-corrected chi connectivity index (χ2v) is 7.19. The summed E-state index contributed by atoms with van der Waals surface area (Å²) >= 11 is 0. The maximum atomic E-state index is 15.2. The van der Waals surface area contributed by atoms with Crippen molar-refractivity contribution >= 4 is 16.9 Å². The SMILES string of the molecule is C#C/C=C\C(=C/C)Oc1ccc(-c2nn([C@@H]3CCCNC3)c3ncnc(N)c23)c(F)c1. The predicted molar refractivity (Wildman–Crippen MR) is 119 cm³/mol. The molecular formula is C23H23FN6O. The molecule has 4 rings (SSSR count). The maximum absolute atomic E-state index is 15.2. The highest BCUT2D eigenvalue weighted by Gasteiger charge is 2.24. The smallest absolute Gasteiger partial charge is 0.164 e. The highest BCUT2D eigenvalue weighted by Crippen LogP contribution is 2.35. The molecule has 2 aromatic heterocycles. The number of nitrogens with zero attached hydrogens (tertiary/aromatic N) is 4. The summed E-state index contributed by atoms with van der Waals surface area (Å²) in [5, 5.41) is 8.64. The number of allylic oxidation sites excluding steroid dienone is 3. The first-order chi connectivity index (χ1) is 15.1. The van der Waals surface area contributed by atoms with E-state index in [0.717, 1.165) is 25.9 Å². The van der Waals surface area contributed by atoms with E-state index in [1.807, 2.05) is 11.6 Å². The lowest BCUT2D eigenvalue weighted by Gasteiger charge is -2.23. The molecule has 0 radical (unpaired) electrons. The van der Waals surface area contributed by atoms with Gasteiger partial charge in [-0.2, -0.15) is 5.10 Å². The van der Waals surface area contributed by atoms with Gasteiger partial charge in [0, 0.05) is 18.2 Å². The van der Waals surface area contributed by atoms with Crippen LogP contribution in [0.15, 0.2) is 48.5 Å². The van der Waals surface area contributed by atoms with Gasteiger partial charge < -0.3 is 15.8 Å². The Kier molecular flexibility index (Phi) is 5.96. The second-order valence-electron chi connectivity index (χ2n) is 7.19. The standard InChI is InChI=1S/C23H23FN6O/c1-3-5-8-16(4-2)31-17-9-10-18(19(24)12-17)21-20-22(25)27-14-28-23(20)30(29-21)15-7-6-11-26-13-15/h1,4-5,8-10,12,14-15,26H,6-7,11,13H2,2H3,(H2,25,27,28)/b8-5-,16-4+/t15-/m1/s1. The molecule has 31 heavy (non-hydrogen) atoms. The van der Waals surface area contributed by atoms with Crippen LogP contribution in [-0.4, -0.2) is 32.8 Å². The van der Waals surface area contributed by atoms with Gasteiger partial charge in [-0.25, -0.2) is 19.0 Å². The summed E-state index contributed by atoms with van der Waals surface area (Å²) in [6.45, 7) is 3.55. The van der Waals surface area contributed by atoms with Gasteiger partial charge in [0.1, 0.15) is 35.2 Å². The maximum Gasteiger partial charge on any atom is 0.164 e. The third-order valence-corrected chi connectivity index (χ3v) is 5.19. The molecule has 0 unspecified atom stereocenters. The van der Waals surface area contributed by atoms with E-state index < -0.39 is 5.82 Å². The topological polar surface area (TPSA) is 90.9 Å². The fraction of sp³-hybridized carbons (Fsp3) is 0.261. The largest absolute Gasteiger partial charge is 0.458 e. The number of benzene rings is 1. The number of halogens is 1. The summed E-state index contributed by atoms with van der Waals surface area (Å²) in [5.41, 5.74) is 7.48. The molecule has 1 aliphatic rings. The molecule has 7 nitrogen and oxygen atoms in total. The van der Waals surface area contributed by atoms with E-state index >= 15 is 4.39 Å². The highest BCUT2D eigenvalue weighted by molar-refractivity contribution is 5.98. The second kappa shape index (κ2) is 8.98. The number of terminal acetylenes is 1. The van der Waals surface area contributed by atoms with Gasteiger partial charge in [0.25, 0.3) is 0 Å². The molecule has 0 saturated carbocycles. The van der Waals surface area contributed by atoms with Crippen LogP contribution in [0.4, 0.5) is 10.2 Å². The van der Waals surface area contributed by atoms with Crippen LogP contribution in [0, 0.1) is 18.2 Å². The van der Waals surface area contributed by atoms with Gasteiger partial charge in [0.15, 0.2) is 5.65 Å². The van der Waals surface area contributed by atoms with Crippen LogP contribution in [0.3, 0.4) is 0 Å². The van der Waals surface area contributed by atoms with Crippen molar-refractivity contribution in [3.05, 3.63) is 54.3 Å². The first-order valence-corrected chi connectivity index (χ1v) is 10.1. The molecule has 0 aliphatic carbocycles. The van der Waals surface area contributed by atoms with Gasteiger partial charge in [0.2, 0.25) is 0 Å². The number of nitrogen functional groups attached to an aromatic ring is 1. The molecule has 1 aliphatic heterocycles. The number of rotatable bonds is 5. The normalized spacial score (nSPS) is 17.2. The first kappa shape index (κ1) is 20.6. The van der Waals surface area contributed by atoms with Crippen molar-refractivity contribution in [1.29, 1.82) is 0 Å². The van der Waals surface area contributed by atoms with Gasteiger partial charge in [-0.1, -0.05) is 5.92 Å². The van der Waals surface area contributed by atoms with Crippen molar-refractivity contribution in [2.45, 2.75) is 25.8 Å². The highest BCUT2D eigenvalue weighted by atomic mass is 19.1. The Bertz CT molecular complexity index is 1200. The van der Waals surface area contributed by atoms with E-state index in [9.17, 15) is 0 Å². The van der Waals surface area contributed by atoms with Crippen LogP contribution in [0.5, 0.6) is 5.75 Å². The molecule has 158 valence electrons. The Hall–Kier alpha value is -3.70. The van der Waals surface area contributed by atoms with E-state index in [4.69, 9.17) is 22.0 Å². The number of anilines is 1. The quantitative estimate of drug-likeness (QED) is 0.374. The van der Waals surface area contributed by atoms with Crippen LogP contribution in [-0.2, 0) is 0 Å². The summed E-state index contributed by atoms with van der Waals surface area (Å²) in [4.78, 5) is 8.49. The van der Waals surface area contributed by atoms with Crippen LogP contribution >= 0.6 is 0 Å². The van der Waals surface area contributed by atoms with Crippen molar-refractivity contribution in [3.8, 4) is 29.4 Å². The Labute approximate surface area is 179 Å². The minimum Gasteiger partial charge on any atom is -0.458 e. The molecule has 3 N–H and O–H groups in total. The fourth-order valence-electron chi connectivity index (χ4n) is 3.69. The predicted octanol–water partition coefficient (Wildman–Crippen LogP) is 3.61. The monoisotopic (exact) mass is 418 g/mol. The number of fused-ring (bicyclic) bond motifs is 1. The first-order valence-electron chi connectivity index (χ1n) is 10.1.